The number of nitrogens with one attached hydrogen (secondary N) is 1. The minimum atomic E-state index is 0.0257. The van der Waals surface area contributed by atoms with Gasteiger partial charge in [0.1, 0.15) is 0 Å². The largest absolute Gasteiger partial charge is 0.336 e. The zero-order chi connectivity index (χ0) is 16.9. The predicted octanol–water partition coefficient (Wildman–Crippen LogP) is 3.29. The molecule has 24 heavy (non-hydrogen) atoms. The van der Waals surface area contributed by atoms with E-state index in [0.717, 1.165) is 19.4 Å². The molecular formula is C18H24N4OS. The summed E-state index contributed by atoms with van der Waals surface area (Å²) >= 11 is 1.73. The molecule has 0 spiro atoms. The number of likely N-dealkylation sites (N-methyl/N-ethyl adjacent to an activating group) is 1. The third-order valence-electron chi connectivity index (χ3n) is 4.55. The molecule has 6 heteroatoms. The first kappa shape index (κ1) is 16.9. The quantitative estimate of drug-likeness (QED) is 0.905. The monoisotopic (exact) mass is 344 g/mol. The average Bonchev–Trinajstić information content (AvgIpc) is 3.27. The van der Waals surface area contributed by atoms with Gasteiger partial charge in [-0.15, -0.1) is 11.3 Å². The number of hydrogen-bond donors (Lipinski definition) is 1. The Labute approximate surface area is 147 Å². The number of amides is 2. The molecule has 128 valence electrons. The molecular weight excluding hydrogens is 320 g/mol. The maximum atomic E-state index is 12.7. The highest BCUT2D eigenvalue weighted by Crippen LogP contribution is 2.31. The Morgan fingerprint density at radius 3 is 2.88 bits per heavy atom. The van der Waals surface area contributed by atoms with Gasteiger partial charge in [-0.05, 0) is 56.1 Å². The number of aromatic nitrogens is 1. The fourth-order valence-corrected chi connectivity index (χ4v) is 4.17. The smallest absolute Gasteiger partial charge is 0.317 e. The summed E-state index contributed by atoms with van der Waals surface area (Å²) in [5.74, 6) is 0. The van der Waals surface area contributed by atoms with E-state index in [-0.39, 0.29) is 18.1 Å². The molecule has 3 heterocycles. The van der Waals surface area contributed by atoms with Gasteiger partial charge in [0, 0.05) is 30.4 Å². The van der Waals surface area contributed by atoms with Gasteiger partial charge < -0.3 is 15.1 Å². The minimum absolute atomic E-state index is 0.0257. The van der Waals surface area contributed by atoms with Gasteiger partial charge in [0.05, 0.1) is 12.1 Å². The van der Waals surface area contributed by atoms with Crippen LogP contribution in [0.15, 0.2) is 42.0 Å². The second-order valence-electron chi connectivity index (χ2n) is 6.31. The Morgan fingerprint density at radius 2 is 2.21 bits per heavy atom. The van der Waals surface area contributed by atoms with Crippen molar-refractivity contribution in [2.45, 2.75) is 24.9 Å². The van der Waals surface area contributed by atoms with Crippen LogP contribution in [0.5, 0.6) is 0 Å². The molecule has 1 aliphatic rings. The van der Waals surface area contributed by atoms with Crippen LogP contribution in [0.1, 0.15) is 35.4 Å². The van der Waals surface area contributed by atoms with Crippen molar-refractivity contribution in [3.05, 3.63) is 52.5 Å². The molecule has 2 atom stereocenters. The molecule has 2 aromatic heterocycles. The third kappa shape index (κ3) is 3.76. The molecule has 0 bridgehead atoms. The molecule has 0 aromatic carbocycles. The van der Waals surface area contributed by atoms with E-state index in [4.69, 9.17) is 0 Å². The Bertz CT molecular complexity index is 644. The van der Waals surface area contributed by atoms with Gasteiger partial charge in [-0.1, -0.05) is 6.07 Å². The zero-order valence-electron chi connectivity index (χ0n) is 14.2. The topological polar surface area (TPSA) is 48.5 Å². The lowest BCUT2D eigenvalue weighted by atomic mass is 10.1. The summed E-state index contributed by atoms with van der Waals surface area (Å²) in [6.45, 7) is 1.43. The summed E-state index contributed by atoms with van der Waals surface area (Å²) < 4.78 is 0. The van der Waals surface area contributed by atoms with Crippen LogP contribution in [-0.4, -0.2) is 48.0 Å². The summed E-state index contributed by atoms with van der Waals surface area (Å²) in [7, 11) is 4.10. The van der Waals surface area contributed by atoms with E-state index in [1.165, 1.54) is 10.4 Å². The average molecular weight is 344 g/mol. The highest BCUT2D eigenvalue weighted by molar-refractivity contribution is 7.10. The lowest BCUT2D eigenvalue weighted by Crippen LogP contribution is -2.42. The van der Waals surface area contributed by atoms with Crippen LogP contribution >= 0.6 is 11.3 Å². The molecule has 0 saturated carbocycles. The van der Waals surface area contributed by atoms with Crippen molar-refractivity contribution in [1.29, 1.82) is 0 Å². The highest BCUT2D eigenvalue weighted by Gasteiger charge is 2.30. The van der Waals surface area contributed by atoms with E-state index >= 15 is 0 Å². The van der Waals surface area contributed by atoms with Crippen molar-refractivity contribution < 1.29 is 4.79 Å². The summed E-state index contributed by atoms with van der Waals surface area (Å²) in [4.78, 5) is 22.2. The van der Waals surface area contributed by atoms with Crippen molar-refractivity contribution in [2.24, 2.45) is 0 Å². The number of rotatable bonds is 5. The molecule has 1 N–H and O–H groups in total. The molecule has 1 aliphatic heterocycles. The van der Waals surface area contributed by atoms with Crippen LogP contribution < -0.4 is 5.32 Å². The second kappa shape index (κ2) is 7.77. The zero-order valence-corrected chi connectivity index (χ0v) is 15.0. The summed E-state index contributed by atoms with van der Waals surface area (Å²) in [5, 5.41) is 5.21. The Hall–Kier alpha value is -1.92. The van der Waals surface area contributed by atoms with Crippen LogP contribution in [-0.2, 0) is 0 Å². The van der Waals surface area contributed by atoms with Crippen molar-refractivity contribution in [3.8, 4) is 0 Å². The van der Waals surface area contributed by atoms with Gasteiger partial charge in [-0.25, -0.2) is 4.79 Å². The Kier molecular flexibility index (Phi) is 5.48. The first-order valence-electron chi connectivity index (χ1n) is 8.31. The third-order valence-corrected chi connectivity index (χ3v) is 5.52. The number of pyridine rings is 1. The minimum Gasteiger partial charge on any atom is -0.336 e. The molecule has 2 amide bonds. The van der Waals surface area contributed by atoms with Crippen molar-refractivity contribution in [1.82, 2.24) is 20.1 Å². The van der Waals surface area contributed by atoms with E-state index in [1.807, 2.05) is 31.1 Å². The van der Waals surface area contributed by atoms with Crippen LogP contribution in [0.4, 0.5) is 4.79 Å². The van der Waals surface area contributed by atoms with E-state index in [0.29, 0.717) is 6.54 Å². The van der Waals surface area contributed by atoms with Gasteiger partial charge in [-0.2, -0.15) is 0 Å². The van der Waals surface area contributed by atoms with Gasteiger partial charge in [-0.3, -0.25) is 4.98 Å². The van der Waals surface area contributed by atoms with E-state index < -0.39 is 0 Å². The van der Waals surface area contributed by atoms with Gasteiger partial charge in [0.25, 0.3) is 0 Å². The number of urea groups is 1. The molecule has 5 nitrogen and oxygen atoms in total. The summed E-state index contributed by atoms with van der Waals surface area (Å²) in [5.41, 5.74) is 1.17. The number of likely N-dealkylation sites (tertiary alicyclic amines) is 1. The summed E-state index contributed by atoms with van der Waals surface area (Å²) in [6, 6.07) is 8.57. The van der Waals surface area contributed by atoms with Gasteiger partial charge in [0.15, 0.2) is 0 Å². The summed E-state index contributed by atoms with van der Waals surface area (Å²) in [6.07, 6.45) is 5.65. The Balaban J connectivity index is 1.64. The fourth-order valence-electron chi connectivity index (χ4n) is 3.25. The lowest BCUT2D eigenvalue weighted by Gasteiger charge is -2.28. The van der Waals surface area contributed by atoms with E-state index in [9.17, 15) is 4.79 Å². The van der Waals surface area contributed by atoms with Crippen molar-refractivity contribution in [2.75, 3.05) is 27.2 Å². The van der Waals surface area contributed by atoms with E-state index in [2.05, 4.69) is 32.7 Å². The first-order chi connectivity index (χ1) is 11.7. The van der Waals surface area contributed by atoms with Crippen LogP contribution in [0.25, 0.3) is 0 Å². The molecule has 0 radical (unpaired) electrons. The molecule has 1 fully saturated rings. The molecule has 1 saturated heterocycles. The first-order valence-corrected chi connectivity index (χ1v) is 9.19. The van der Waals surface area contributed by atoms with E-state index in [1.54, 1.807) is 23.7 Å². The molecule has 3 rings (SSSR count). The molecule has 2 aromatic rings. The van der Waals surface area contributed by atoms with Crippen LogP contribution in [0, 0.1) is 0 Å². The number of carbonyl (C=O) groups excluding carboxylic acids is 1. The predicted molar refractivity (Wildman–Crippen MR) is 97.1 cm³/mol. The number of carbonyl (C=O) groups is 1. The molecule has 0 unspecified atom stereocenters. The van der Waals surface area contributed by atoms with Gasteiger partial charge >= 0.3 is 6.03 Å². The fraction of sp³-hybridized carbons (Fsp3) is 0.444. The van der Waals surface area contributed by atoms with Crippen LogP contribution in [0.2, 0.25) is 0 Å². The maximum Gasteiger partial charge on any atom is 0.317 e. The number of thiophene rings is 1. The van der Waals surface area contributed by atoms with Gasteiger partial charge in [0.2, 0.25) is 0 Å². The standard InChI is InChI=1S/C18H24N4OS/c1-21(2)16(17-6-4-12-24-17)13-20-18(23)22-11-3-5-15(22)14-7-9-19-10-8-14/h4,6-10,12,15-16H,3,5,11,13H2,1-2H3,(H,20,23)/t15-,16+/m1/s1. The lowest BCUT2D eigenvalue weighted by molar-refractivity contribution is 0.188. The van der Waals surface area contributed by atoms with Crippen LogP contribution in [0.3, 0.4) is 0 Å². The van der Waals surface area contributed by atoms with Crippen molar-refractivity contribution in [3.63, 3.8) is 0 Å². The Morgan fingerprint density at radius 1 is 1.42 bits per heavy atom. The van der Waals surface area contributed by atoms with Crippen molar-refractivity contribution >= 4 is 17.4 Å². The SMILES string of the molecule is CN(C)[C@@H](CNC(=O)N1CCC[C@@H]1c1ccncc1)c1cccs1. The number of nitrogens with zero attached hydrogens (tertiary/aromatic N) is 3. The highest BCUT2D eigenvalue weighted by atomic mass is 32.1. The molecule has 0 aliphatic carbocycles. The maximum absolute atomic E-state index is 12.7. The normalized spacial score (nSPS) is 18.8. The number of hydrogen-bond acceptors (Lipinski definition) is 4. The second-order valence-corrected chi connectivity index (χ2v) is 7.29.